The summed E-state index contributed by atoms with van der Waals surface area (Å²) in [6, 6.07) is 4.01. The van der Waals surface area contributed by atoms with Crippen LogP contribution in [0.1, 0.15) is 47.3 Å². The fourth-order valence-corrected chi connectivity index (χ4v) is 3.47. The van der Waals surface area contributed by atoms with Gasteiger partial charge in [-0.3, -0.25) is 4.79 Å². The Morgan fingerprint density at radius 2 is 2.08 bits per heavy atom. The molecule has 2 aromatic rings. The lowest BCUT2D eigenvalue weighted by molar-refractivity contribution is -0.137. The first-order valence-electron chi connectivity index (χ1n) is 8.02. The SMILES string of the molecule is Cc1cc(C(F)(F)F)ccc1C1CC(c2cc(=O)[nH]o2)CCN1C(=O)O. The fraction of sp³-hybridized carbons (Fsp3) is 0.412. The number of amides is 1. The number of hydrogen-bond donors (Lipinski definition) is 2. The Balaban J connectivity index is 1.95. The van der Waals surface area contributed by atoms with Gasteiger partial charge in [0.15, 0.2) is 0 Å². The number of halogens is 3. The van der Waals surface area contributed by atoms with E-state index in [1.807, 2.05) is 0 Å². The van der Waals surface area contributed by atoms with E-state index in [0.717, 1.165) is 12.1 Å². The molecule has 1 aromatic carbocycles. The highest BCUT2D eigenvalue weighted by Crippen LogP contribution is 2.41. The van der Waals surface area contributed by atoms with Gasteiger partial charge in [-0.1, -0.05) is 6.07 Å². The predicted octanol–water partition coefficient (Wildman–Crippen LogP) is 3.89. The third-order valence-electron chi connectivity index (χ3n) is 4.75. The molecule has 0 bridgehead atoms. The molecule has 0 aliphatic carbocycles. The van der Waals surface area contributed by atoms with Crippen LogP contribution in [0.4, 0.5) is 18.0 Å². The smallest absolute Gasteiger partial charge is 0.416 e. The number of nitrogens with zero attached hydrogens (tertiary/aromatic N) is 1. The molecule has 0 radical (unpaired) electrons. The molecular weight excluding hydrogens is 353 g/mol. The summed E-state index contributed by atoms with van der Waals surface area (Å²) in [5.41, 5.74) is -0.275. The van der Waals surface area contributed by atoms with Crippen LogP contribution < -0.4 is 5.56 Å². The largest absolute Gasteiger partial charge is 0.465 e. The zero-order valence-electron chi connectivity index (χ0n) is 13.8. The highest BCUT2D eigenvalue weighted by atomic mass is 19.4. The molecule has 1 aliphatic rings. The Morgan fingerprint density at radius 1 is 1.35 bits per heavy atom. The molecule has 2 heterocycles. The Labute approximate surface area is 146 Å². The third-order valence-corrected chi connectivity index (χ3v) is 4.75. The molecule has 3 rings (SSSR count). The quantitative estimate of drug-likeness (QED) is 0.840. The molecule has 1 aromatic heterocycles. The van der Waals surface area contributed by atoms with Crippen LogP contribution in [0.2, 0.25) is 0 Å². The molecule has 26 heavy (non-hydrogen) atoms. The first kappa shape index (κ1) is 18.1. The molecule has 0 saturated carbocycles. The number of nitrogens with one attached hydrogen (secondary N) is 1. The third kappa shape index (κ3) is 3.47. The van der Waals surface area contributed by atoms with E-state index in [1.165, 1.54) is 24.0 Å². The van der Waals surface area contributed by atoms with Crippen LogP contribution in [0.5, 0.6) is 0 Å². The maximum atomic E-state index is 12.9. The second-order valence-electron chi connectivity index (χ2n) is 6.40. The number of aryl methyl sites for hydroxylation is 1. The van der Waals surface area contributed by atoms with Crippen LogP contribution in [-0.2, 0) is 6.18 Å². The van der Waals surface area contributed by atoms with Gasteiger partial charge in [-0.15, -0.1) is 0 Å². The summed E-state index contributed by atoms with van der Waals surface area (Å²) in [7, 11) is 0. The minimum Gasteiger partial charge on any atom is -0.465 e. The summed E-state index contributed by atoms with van der Waals surface area (Å²) in [5.74, 6) is 0.228. The number of hydrogen-bond acceptors (Lipinski definition) is 3. The van der Waals surface area contributed by atoms with Crippen LogP contribution in [-0.4, -0.2) is 27.8 Å². The summed E-state index contributed by atoms with van der Waals surface area (Å²) in [4.78, 5) is 24.1. The van der Waals surface area contributed by atoms with Crippen molar-refractivity contribution >= 4 is 6.09 Å². The highest BCUT2D eigenvalue weighted by Gasteiger charge is 2.37. The van der Waals surface area contributed by atoms with Crippen molar-refractivity contribution < 1.29 is 27.6 Å². The van der Waals surface area contributed by atoms with Crippen molar-refractivity contribution in [2.24, 2.45) is 0 Å². The number of alkyl halides is 3. The molecule has 1 saturated heterocycles. The van der Waals surface area contributed by atoms with Crippen molar-refractivity contribution in [3.8, 4) is 0 Å². The van der Waals surface area contributed by atoms with E-state index >= 15 is 0 Å². The number of H-pyrrole nitrogens is 1. The van der Waals surface area contributed by atoms with E-state index in [9.17, 15) is 27.9 Å². The number of carbonyl (C=O) groups is 1. The first-order valence-corrected chi connectivity index (χ1v) is 8.02. The summed E-state index contributed by atoms with van der Waals surface area (Å²) in [6.45, 7) is 1.73. The Kier molecular flexibility index (Phi) is 4.55. The molecule has 9 heteroatoms. The van der Waals surface area contributed by atoms with Crippen LogP contribution in [0.3, 0.4) is 0 Å². The average Bonchev–Trinajstić information content (AvgIpc) is 3.00. The zero-order valence-corrected chi connectivity index (χ0v) is 13.8. The van der Waals surface area contributed by atoms with Crippen LogP contribution in [0.25, 0.3) is 0 Å². The Bertz CT molecular complexity index is 871. The average molecular weight is 370 g/mol. The van der Waals surface area contributed by atoms with Gasteiger partial charge in [0.2, 0.25) is 0 Å². The van der Waals surface area contributed by atoms with E-state index in [1.54, 1.807) is 0 Å². The lowest BCUT2D eigenvalue weighted by atomic mass is 9.84. The molecule has 1 amide bonds. The number of carboxylic acid groups (broad SMARTS) is 1. The summed E-state index contributed by atoms with van der Waals surface area (Å²) >= 11 is 0. The van der Waals surface area contributed by atoms with Crippen LogP contribution in [0, 0.1) is 6.92 Å². The van der Waals surface area contributed by atoms with Gasteiger partial charge in [0.05, 0.1) is 11.6 Å². The second kappa shape index (κ2) is 6.54. The Morgan fingerprint density at radius 3 is 2.62 bits per heavy atom. The number of benzene rings is 1. The lowest BCUT2D eigenvalue weighted by Crippen LogP contribution is -2.40. The van der Waals surface area contributed by atoms with Gasteiger partial charge < -0.3 is 14.5 Å². The Hall–Kier alpha value is -2.71. The van der Waals surface area contributed by atoms with Gasteiger partial charge in [0, 0.05) is 18.5 Å². The van der Waals surface area contributed by atoms with Gasteiger partial charge in [0.1, 0.15) is 5.76 Å². The van der Waals surface area contributed by atoms with Crippen LogP contribution >= 0.6 is 0 Å². The molecule has 1 aliphatic heterocycles. The zero-order chi connectivity index (χ0) is 19.1. The van der Waals surface area contributed by atoms with E-state index in [0.29, 0.717) is 29.7 Å². The van der Waals surface area contributed by atoms with E-state index < -0.39 is 23.9 Å². The van der Waals surface area contributed by atoms with Crippen molar-refractivity contribution in [2.45, 2.75) is 37.9 Å². The summed E-state index contributed by atoms with van der Waals surface area (Å²) in [6.07, 6.45) is -4.81. The molecule has 2 atom stereocenters. The molecule has 0 spiro atoms. The maximum absolute atomic E-state index is 12.9. The summed E-state index contributed by atoms with van der Waals surface area (Å²) < 4.78 is 43.8. The number of piperidine rings is 1. The predicted molar refractivity (Wildman–Crippen MR) is 85.0 cm³/mol. The van der Waals surface area contributed by atoms with E-state index in [2.05, 4.69) is 5.16 Å². The monoisotopic (exact) mass is 370 g/mol. The molecule has 2 N–H and O–H groups in total. The fourth-order valence-electron chi connectivity index (χ4n) is 3.47. The normalized spacial score (nSPS) is 21.0. The van der Waals surface area contributed by atoms with Gasteiger partial charge in [-0.25, -0.2) is 4.79 Å². The number of rotatable bonds is 2. The highest BCUT2D eigenvalue weighted by molar-refractivity contribution is 5.66. The number of aromatic amines is 1. The number of likely N-dealkylation sites (tertiary alicyclic amines) is 1. The minimum absolute atomic E-state index is 0.194. The molecule has 1 fully saturated rings. The van der Waals surface area contributed by atoms with Crippen molar-refractivity contribution in [1.29, 1.82) is 0 Å². The van der Waals surface area contributed by atoms with Gasteiger partial charge in [-0.05, 0) is 43.0 Å². The van der Waals surface area contributed by atoms with Crippen molar-refractivity contribution in [2.75, 3.05) is 6.54 Å². The maximum Gasteiger partial charge on any atom is 0.416 e. The van der Waals surface area contributed by atoms with Gasteiger partial charge in [0.25, 0.3) is 5.56 Å². The first-order chi connectivity index (χ1) is 12.2. The second-order valence-corrected chi connectivity index (χ2v) is 6.40. The molecule has 6 nitrogen and oxygen atoms in total. The van der Waals surface area contributed by atoms with Crippen molar-refractivity contribution in [3.63, 3.8) is 0 Å². The van der Waals surface area contributed by atoms with Crippen LogP contribution in [0.15, 0.2) is 33.6 Å². The van der Waals surface area contributed by atoms with Gasteiger partial charge >= 0.3 is 12.3 Å². The number of aromatic nitrogens is 1. The minimum atomic E-state index is -4.46. The standard InChI is InChI=1S/C17H17F3N2O4/c1-9-6-11(17(18,19)20)2-3-12(9)13-7-10(4-5-22(13)16(24)25)14-8-15(23)21-26-14/h2-3,6,8,10,13H,4-5,7H2,1H3,(H,21,23)(H,24,25). The molecule has 140 valence electrons. The van der Waals surface area contributed by atoms with E-state index in [4.69, 9.17) is 4.52 Å². The molecule has 2 unspecified atom stereocenters. The topological polar surface area (TPSA) is 86.5 Å². The summed E-state index contributed by atoms with van der Waals surface area (Å²) in [5, 5.41) is 11.7. The lowest BCUT2D eigenvalue weighted by Gasteiger charge is -2.38. The van der Waals surface area contributed by atoms with Gasteiger partial charge in [-0.2, -0.15) is 18.3 Å². The van der Waals surface area contributed by atoms with Crippen molar-refractivity contribution in [3.05, 3.63) is 57.1 Å². The molecular formula is C17H17F3N2O4. The van der Waals surface area contributed by atoms with Crippen molar-refractivity contribution in [1.82, 2.24) is 10.1 Å². The van der Waals surface area contributed by atoms with E-state index in [-0.39, 0.29) is 18.0 Å².